The summed E-state index contributed by atoms with van der Waals surface area (Å²) in [6, 6.07) is 0. The van der Waals surface area contributed by atoms with E-state index in [-0.39, 0.29) is 50.6 Å². The van der Waals surface area contributed by atoms with Crippen molar-refractivity contribution >= 4 is 0 Å². The van der Waals surface area contributed by atoms with Crippen molar-refractivity contribution in [2.24, 2.45) is 0 Å². The molecule has 0 amide bonds. The second kappa shape index (κ2) is 76.7. The van der Waals surface area contributed by atoms with Gasteiger partial charge in [-0.25, -0.2) is 0 Å². The molecule has 2 heteroatoms. The van der Waals surface area contributed by atoms with Crippen molar-refractivity contribution in [2.75, 3.05) is 6.61 Å². The first kappa shape index (κ1) is 47.8. The molecule has 0 saturated carbocycles. The molecule has 0 aliphatic rings. The zero-order chi connectivity index (χ0) is 2.71. The van der Waals surface area contributed by atoms with Crippen LogP contribution in [0.4, 0.5) is 0 Å². The van der Waals surface area contributed by atoms with Gasteiger partial charge in [0.05, 0.1) is 0 Å². The molecule has 1 nitrogen and oxygen atoms in total. The Labute approximate surface area is 63.0 Å². The van der Waals surface area contributed by atoms with E-state index in [0.29, 0.717) is 0 Å². The van der Waals surface area contributed by atoms with Crippen molar-refractivity contribution in [1.29, 1.82) is 0 Å². The standard InChI is InChI=1S/C2H6O.3CH3.Ti/c1-2-3;;;;/h3H,2H2,1H3;3*1H3;/q;3*-1;+3. The molecule has 0 fully saturated rings. The van der Waals surface area contributed by atoms with E-state index < -0.39 is 0 Å². The van der Waals surface area contributed by atoms with Crippen molar-refractivity contribution < 1.29 is 26.8 Å². The van der Waals surface area contributed by atoms with Gasteiger partial charge in [-0.15, -0.1) is 0 Å². The van der Waals surface area contributed by atoms with Crippen LogP contribution in [0, 0.1) is 22.3 Å². The number of hydrogen-bond donors (Lipinski definition) is 1. The zero-order valence-corrected chi connectivity index (χ0v) is 7.22. The van der Waals surface area contributed by atoms with Crippen molar-refractivity contribution in [3.63, 3.8) is 0 Å². The third kappa shape index (κ3) is 321. The summed E-state index contributed by atoms with van der Waals surface area (Å²) in [6.45, 7) is 1.93. The maximum absolute atomic E-state index is 7.57. The Morgan fingerprint density at radius 2 is 1.14 bits per heavy atom. The van der Waals surface area contributed by atoms with Gasteiger partial charge < -0.3 is 27.4 Å². The van der Waals surface area contributed by atoms with Gasteiger partial charge >= 0.3 is 21.7 Å². The molecule has 0 unspecified atom stereocenters. The molecule has 0 saturated heterocycles. The minimum Gasteiger partial charge on any atom is -0.397 e. The molecule has 1 radical (unpaired) electrons. The Morgan fingerprint density at radius 3 is 1.14 bits per heavy atom. The Morgan fingerprint density at radius 1 is 1.14 bits per heavy atom. The van der Waals surface area contributed by atoms with Crippen LogP contribution in [0.3, 0.4) is 0 Å². The van der Waals surface area contributed by atoms with E-state index in [1.165, 1.54) is 0 Å². The van der Waals surface area contributed by atoms with Crippen LogP contribution in [0.2, 0.25) is 0 Å². The largest absolute Gasteiger partial charge is 3.00 e. The Bertz CT molecular complexity index is 8.04. The van der Waals surface area contributed by atoms with Crippen molar-refractivity contribution in [1.82, 2.24) is 0 Å². The van der Waals surface area contributed by atoms with Crippen LogP contribution in [0.25, 0.3) is 0 Å². The monoisotopic (exact) mass is 139 g/mol. The molecule has 0 atom stereocenters. The van der Waals surface area contributed by atoms with Crippen LogP contribution >= 0.6 is 0 Å². The van der Waals surface area contributed by atoms with Gasteiger partial charge in [0.1, 0.15) is 0 Å². The van der Waals surface area contributed by atoms with E-state index in [2.05, 4.69) is 0 Å². The van der Waals surface area contributed by atoms with E-state index in [1.54, 1.807) is 6.92 Å². The maximum atomic E-state index is 7.57. The molecular formula is C5H15OTi. The first-order valence-electron chi connectivity index (χ1n) is 1.02. The van der Waals surface area contributed by atoms with Crippen LogP contribution in [0.5, 0.6) is 0 Å². The summed E-state index contributed by atoms with van der Waals surface area (Å²) in [5.41, 5.74) is 0. The van der Waals surface area contributed by atoms with Gasteiger partial charge in [0.15, 0.2) is 0 Å². The summed E-state index contributed by atoms with van der Waals surface area (Å²) in [6.07, 6.45) is 0. The summed E-state index contributed by atoms with van der Waals surface area (Å²) >= 11 is 0. The molecule has 0 aliphatic heterocycles. The predicted octanol–water partition coefficient (Wildman–Crippen LogP) is 1.35. The summed E-state index contributed by atoms with van der Waals surface area (Å²) in [5, 5.41) is 7.57. The fourth-order valence-corrected chi connectivity index (χ4v) is 0. The van der Waals surface area contributed by atoms with E-state index in [9.17, 15) is 0 Å². The van der Waals surface area contributed by atoms with Crippen LogP contribution < -0.4 is 0 Å². The van der Waals surface area contributed by atoms with Crippen LogP contribution in [-0.4, -0.2) is 11.7 Å². The topological polar surface area (TPSA) is 20.2 Å². The van der Waals surface area contributed by atoms with Gasteiger partial charge in [-0.3, -0.25) is 0 Å². The fraction of sp³-hybridized carbons (Fsp3) is 0.400. The molecule has 0 heterocycles. The Kier molecular flexibility index (Phi) is 523. The number of aliphatic hydroxyl groups is 1. The normalized spacial score (nSPS) is 2.57. The summed E-state index contributed by atoms with van der Waals surface area (Å²) in [7, 11) is 0. The average Bonchev–Trinajstić information content (AvgIpc) is 0.918. The minimum absolute atomic E-state index is 0. The van der Waals surface area contributed by atoms with E-state index in [4.69, 9.17) is 5.11 Å². The quantitative estimate of drug-likeness (QED) is 0.396. The number of rotatable bonds is 0. The van der Waals surface area contributed by atoms with Gasteiger partial charge in [0.2, 0.25) is 0 Å². The zero-order valence-electron chi connectivity index (χ0n) is 5.65. The molecule has 0 aliphatic carbocycles. The molecule has 0 aromatic heterocycles. The first-order valence-corrected chi connectivity index (χ1v) is 1.02. The average molecular weight is 139 g/mol. The minimum atomic E-state index is 0. The van der Waals surface area contributed by atoms with Crippen molar-refractivity contribution in [2.45, 2.75) is 6.92 Å². The Balaban J connectivity index is -0.00000000333. The molecule has 0 aromatic carbocycles. The molecule has 0 rings (SSSR count). The van der Waals surface area contributed by atoms with Crippen molar-refractivity contribution in [3.8, 4) is 0 Å². The van der Waals surface area contributed by atoms with Gasteiger partial charge in [0, 0.05) is 6.61 Å². The van der Waals surface area contributed by atoms with E-state index in [0.717, 1.165) is 0 Å². The number of aliphatic hydroxyl groups excluding tert-OH is 1. The van der Waals surface area contributed by atoms with Gasteiger partial charge in [-0.1, -0.05) is 0 Å². The smallest absolute Gasteiger partial charge is 0.397 e. The van der Waals surface area contributed by atoms with E-state index in [1.807, 2.05) is 0 Å². The molecule has 0 bridgehead atoms. The molecule has 0 aromatic rings. The molecule has 0 spiro atoms. The molecule has 1 N–H and O–H groups in total. The molecular weight excluding hydrogens is 124 g/mol. The number of hydrogen-bond acceptors (Lipinski definition) is 1. The van der Waals surface area contributed by atoms with Crippen LogP contribution in [0.15, 0.2) is 0 Å². The molecule has 7 heavy (non-hydrogen) atoms. The SMILES string of the molecule is CCO.[CH3-].[CH3-].[CH3-].[Ti+3]. The van der Waals surface area contributed by atoms with Crippen molar-refractivity contribution in [3.05, 3.63) is 22.3 Å². The van der Waals surface area contributed by atoms with Gasteiger partial charge in [-0.05, 0) is 6.92 Å². The molecule has 45 valence electrons. The summed E-state index contributed by atoms with van der Waals surface area (Å²) in [5.74, 6) is 0. The summed E-state index contributed by atoms with van der Waals surface area (Å²) < 4.78 is 0. The second-order valence-corrected chi connectivity index (χ2v) is 0.316. The predicted molar refractivity (Wildman–Crippen MR) is 32.0 cm³/mol. The first-order chi connectivity index (χ1) is 1.41. The van der Waals surface area contributed by atoms with Crippen LogP contribution in [0.1, 0.15) is 6.92 Å². The van der Waals surface area contributed by atoms with E-state index >= 15 is 0 Å². The Hall–Kier alpha value is 0.674. The van der Waals surface area contributed by atoms with Gasteiger partial charge in [0.25, 0.3) is 0 Å². The maximum Gasteiger partial charge on any atom is 3.00 e. The second-order valence-electron chi connectivity index (χ2n) is 0.316. The van der Waals surface area contributed by atoms with Gasteiger partial charge in [-0.2, -0.15) is 0 Å². The fourth-order valence-electron chi connectivity index (χ4n) is 0. The third-order valence-corrected chi connectivity index (χ3v) is 0. The third-order valence-electron chi connectivity index (χ3n) is 0. The van der Waals surface area contributed by atoms with Crippen LogP contribution in [-0.2, 0) is 21.7 Å². The summed E-state index contributed by atoms with van der Waals surface area (Å²) in [4.78, 5) is 0.